The lowest BCUT2D eigenvalue weighted by Crippen LogP contribution is -1.98. The van der Waals surface area contributed by atoms with Gasteiger partial charge in [-0.3, -0.25) is 0 Å². The van der Waals surface area contributed by atoms with Crippen molar-refractivity contribution in [3.05, 3.63) is 66.3 Å². The molecule has 0 aliphatic rings. The summed E-state index contributed by atoms with van der Waals surface area (Å²) in [4.78, 5) is 9.00. The Balaban J connectivity index is 1.57. The van der Waals surface area contributed by atoms with Crippen LogP contribution in [-0.2, 0) is 12.8 Å². The van der Waals surface area contributed by atoms with Gasteiger partial charge >= 0.3 is 0 Å². The summed E-state index contributed by atoms with van der Waals surface area (Å²) in [6.07, 6.45) is 3.51. The smallest absolute Gasteiger partial charge is 0.227 e. The van der Waals surface area contributed by atoms with Crippen LogP contribution in [0.2, 0.25) is 0 Å². The molecule has 4 rings (SSSR count). The molecule has 2 aromatic heterocycles. The van der Waals surface area contributed by atoms with Crippen LogP contribution >= 0.6 is 0 Å². The number of rotatable bonds is 5. The fourth-order valence-electron chi connectivity index (χ4n) is 2.95. The van der Waals surface area contributed by atoms with Gasteiger partial charge in [-0.05, 0) is 44.0 Å². The van der Waals surface area contributed by atoms with Gasteiger partial charge in [0.05, 0.1) is 17.4 Å². The van der Waals surface area contributed by atoms with Crippen LogP contribution in [0.3, 0.4) is 0 Å². The summed E-state index contributed by atoms with van der Waals surface area (Å²) >= 11 is 0. The Labute approximate surface area is 146 Å². The Kier molecular flexibility index (Phi) is 4.06. The first kappa shape index (κ1) is 15.6. The monoisotopic (exact) mass is 332 g/mol. The summed E-state index contributed by atoms with van der Waals surface area (Å²) in [5.41, 5.74) is 4.28. The van der Waals surface area contributed by atoms with E-state index in [1.54, 1.807) is 0 Å². The first-order valence-electron chi connectivity index (χ1n) is 8.54. The van der Waals surface area contributed by atoms with Gasteiger partial charge in [-0.1, -0.05) is 35.5 Å². The van der Waals surface area contributed by atoms with Crippen LogP contribution in [0.25, 0.3) is 22.4 Å². The standard InChI is InChI=1S/C20H20N4O/c1-14(2)24-13-21-17-10-9-16(12-18(17)24)20-22-19(25-23-20)11-8-15-6-4-3-5-7-15/h3-7,9-10,12-14H,8,11H2,1-2H3. The van der Waals surface area contributed by atoms with E-state index in [-0.39, 0.29) is 0 Å². The van der Waals surface area contributed by atoms with Crippen LogP contribution in [0.1, 0.15) is 31.3 Å². The number of nitrogens with zero attached hydrogens (tertiary/aromatic N) is 4. The van der Waals surface area contributed by atoms with Crippen LogP contribution in [0, 0.1) is 0 Å². The number of aryl methyl sites for hydroxylation is 2. The maximum atomic E-state index is 5.43. The normalized spacial score (nSPS) is 11.5. The molecular weight excluding hydrogens is 312 g/mol. The van der Waals surface area contributed by atoms with Gasteiger partial charge in [-0.2, -0.15) is 4.98 Å². The molecule has 5 nitrogen and oxygen atoms in total. The van der Waals surface area contributed by atoms with Crippen LogP contribution in [0.15, 0.2) is 59.4 Å². The molecule has 2 heterocycles. The van der Waals surface area contributed by atoms with Crippen molar-refractivity contribution in [1.82, 2.24) is 19.7 Å². The summed E-state index contributed by atoms with van der Waals surface area (Å²) in [7, 11) is 0. The van der Waals surface area contributed by atoms with Crippen molar-refractivity contribution in [3.63, 3.8) is 0 Å². The Morgan fingerprint density at radius 3 is 2.68 bits per heavy atom. The minimum atomic E-state index is 0.354. The molecule has 4 aromatic rings. The van der Waals surface area contributed by atoms with E-state index in [0.717, 1.165) is 29.4 Å². The molecule has 0 amide bonds. The number of aromatic nitrogens is 4. The summed E-state index contributed by atoms with van der Waals surface area (Å²) in [6.45, 7) is 4.29. The lowest BCUT2D eigenvalue weighted by molar-refractivity contribution is 0.379. The Morgan fingerprint density at radius 2 is 1.88 bits per heavy atom. The second-order valence-corrected chi connectivity index (χ2v) is 6.45. The van der Waals surface area contributed by atoms with Gasteiger partial charge in [0.2, 0.25) is 11.7 Å². The minimum Gasteiger partial charge on any atom is -0.339 e. The molecule has 0 spiro atoms. The molecule has 0 fully saturated rings. The summed E-state index contributed by atoms with van der Waals surface area (Å²) in [6, 6.07) is 16.8. The fraction of sp³-hybridized carbons (Fsp3) is 0.250. The molecule has 0 bridgehead atoms. The third-order valence-corrected chi connectivity index (χ3v) is 4.33. The summed E-state index contributed by atoms with van der Waals surface area (Å²) in [5.74, 6) is 1.29. The molecule has 2 aromatic carbocycles. The van der Waals surface area contributed by atoms with Crippen LogP contribution < -0.4 is 0 Å². The average Bonchev–Trinajstić information content (AvgIpc) is 3.27. The van der Waals surface area contributed by atoms with E-state index < -0.39 is 0 Å². The van der Waals surface area contributed by atoms with Crippen LogP contribution in [0.4, 0.5) is 0 Å². The van der Waals surface area contributed by atoms with Gasteiger partial charge < -0.3 is 9.09 Å². The molecule has 126 valence electrons. The van der Waals surface area contributed by atoms with Gasteiger partial charge in [-0.25, -0.2) is 4.98 Å². The third-order valence-electron chi connectivity index (χ3n) is 4.33. The number of imidazole rings is 1. The van der Waals surface area contributed by atoms with Gasteiger partial charge in [0.1, 0.15) is 0 Å². The lowest BCUT2D eigenvalue weighted by atomic mass is 10.1. The van der Waals surface area contributed by atoms with Crippen LogP contribution in [0.5, 0.6) is 0 Å². The number of fused-ring (bicyclic) bond motifs is 1. The molecular formula is C20H20N4O. The molecule has 0 N–H and O–H groups in total. The van der Waals surface area contributed by atoms with Crippen molar-refractivity contribution in [3.8, 4) is 11.4 Å². The van der Waals surface area contributed by atoms with Crippen molar-refractivity contribution in [2.75, 3.05) is 0 Å². The molecule has 0 radical (unpaired) electrons. The van der Waals surface area contributed by atoms with E-state index in [1.165, 1.54) is 5.56 Å². The first-order chi connectivity index (χ1) is 12.2. The first-order valence-corrected chi connectivity index (χ1v) is 8.54. The van der Waals surface area contributed by atoms with E-state index >= 15 is 0 Å². The largest absolute Gasteiger partial charge is 0.339 e. The zero-order chi connectivity index (χ0) is 17.2. The summed E-state index contributed by atoms with van der Waals surface area (Å²) < 4.78 is 7.58. The highest BCUT2D eigenvalue weighted by molar-refractivity contribution is 5.80. The highest BCUT2D eigenvalue weighted by atomic mass is 16.5. The predicted molar refractivity (Wildman–Crippen MR) is 97.3 cm³/mol. The molecule has 0 aliphatic carbocycles. The molecule has 5 heteroatoms. The van der Waals surface area contributed by atoms with Gasteiger partial charge in [0, 0.05) is 18.0 Å². The highest BCUT2D eigenvalue weighted by Crippen LogP contribution is 2.24. The zero-order valence-electron chi connectivity index (χ0n) is 14.4. The average molecular weight is 332 g/mol. The quantitative estimate of drug-likeness (QED) is 0.542. The predicted octanol–water partition coefficient (Wildman–Crippen LogP) is 4.45. The maximum absolute atomic E-state index is 5.43. The highest BCUT2D eigenvalue weighted by Gasteiger charge is 2.12. The minimum absolute atomic E-state index is 0.354. The van der Waals surface area contributed by atoms with Crippen molar-refractivity contribution >= 4 is 11.0 Å². The van der Waals surface area contributed by atoms with Crippen LogP contribution in [-0.4, -0.2) is 19.7 Å². The number of benzene rings is 2. The van der Waals surface area contributed by atoms with E-state index in [1.807, 2.05) is 36.7 Å². The molecule has 0 unspecified atom stereocenters. The lowest BCUT2D eigenvalue weighted by Gasteiger charge is -2.07. The van der Waals surface area contributed by atoms with Crippen molar-refractivity contribution in [1.29, 1.82) is 0 Å². The Bertz CT molecular complexity index is 985. The van der Waals surface area contributed by atoms with Gasteiger partial charge in [-0.15, -0.1) is 0 Å². The molecule has 0 aliphatic heterocycles. The SMILES string of the molecule is CC(C)n1cnc2ccc(-c3noc(CCc4ccccc4)n3)cc21. The fourth-order valence-corrected chi connectivity index (χ4v) is 2.95. The Hall–Kier alpha value is -2.95. The maximum Gasteiger partial charge on any atom is 0.227 e. The molecule has 25 heavy (non-hydrogen) atoms. The van der Waals surface area contributed by atoms with Gasteiger partial charge in [0.25, 0.3) is 0 Å². The number of hydrogen-bond acceptors (Lipinski definition) is 4. The van der Waals surface area contributed by atoms with Gasteiger partial charge in [0.15, 0.2) is 0 Å². The van der Waals surface area contributed by atoms with Crippen molar-refractivity contribution < 1.29 is 4.52 Å². The van der Waals surface area contributed by atoms with E-state index in [4.69, 9.17) is 4.52 Å². The topological polar surface area (TPSA) is 56.7 Å². The molecule has 0 saturated heterocycles. The Morgan fingerprint density at radius 1 is 1.04 bits per heavy atom. The number of hydrogen-bond donors (Lipinski definition) is 0. The summed E-state index contributed by atoms with van der Waals surface area (Å²) in [5, 5.41) is 4.15. The third kappa shape index (κ3) is 3.18. The molecule has 0 saturated carbocycles. The second-order valence-electron chi connectivity index (χ2n) is 6.45. The zero-order valence-corrected chi connectivity index (χ0v) is 14.4. The van der Waals surface area contributed by atoms with E-state index in [9.17, 15) is 0 Å². The molecule has 0 atom stereocenters. The second kappa shape index (κ2) is 6.51. The van der Waals surface area contributed by atoms with Crippen molar-refractivity contribution in [2.24, 2.45) is 0 Å². The van der Waals surface area contributed by atoms with Crippen molar-refractivity contribution in [2.45, 2.75) is 32.7 Å². The van der Waals surface area contributed by atoms with E-state index in [2.05, 4.69) is 51.7 Å². The van der Waals surface area contributed by atoms with E-state index in [0.29, 0.717) is 17.8 Å².